The number of allylic oxidation sites excluding steroid dienone is 10. The molecule has 0 rings (SSSR count). The van der Waals surface area contributed by atoms with E-state index in [1.807, 2.05) is 0 Å². The molecule has 0 N–H and O–H groups in total. The highest BCUT2D eigenvalue weighted by atomic mass is 16.6. The Labute approximate surface area is 517 Å². The molecule has 0 aliphatic heterocycles. The summed E-state index contributed by atoms with van der Waals surface area (Å²) in [6.45, 7) is 6.54. The van der Waals surface area contributed by atoms with Gasteiger partial charge >= 0.3 is 17.9 Å². The first kappa shape index (κ1) is 80.1. The summed E-state index contributed by atoms with van der Waals surface area (Å²) in [5.74, 6) is -0.866. The van der Waals surface area contributed by atoms with Gasteiger partial charge < -0.3 is 14.2 Å². The smallest absolute Gasteiger partial charge is 0.306 e. The lowest BCUT2D eigenvalue weighted by Crippen LogP contribution is -2.30. The molecule has 0 saturated carbocycles. The van der Waals surface area contributed by atoms with Crippen molar-refractivity contribution in [2.75, 3.05) is 13.2 Å². The van der Waals surface area contributed by atoms with E-state index in [1.165, 1.54) is 263 Å². The predicted molar refractivity (Wildman–Crippen MR) is 362 cm³/mol. The second-order valence-electron chi connectivity index (χ2n) is 24.8. The number of carbonyl (C=O) groups excluding carboxylic acids is 3. The number of ether oxygens (including phenoxy) is 3. The minimum atomic E-state index is -0.780. The highest BCUT2D eigenvalue weighted by Crippen LogP contribution is 2.19. The molecule has 0 bridgehead atoms. The molecule has 484 valence electrons. The lowest BCUT2D eigenvalue weighted by molar-refractivity contribution is -0.167. The number of unbranched alkanes of at least 4 members (excludes halogenated alkanes) is 47. The Kier molecular flexibility index (Phi) is 69.1. The van der Waals surface area contributed by atoms with Crippen LogP contribution in [0.1, 0.15) is 393 Å². The van der Waals surface area contributed by atoms with Gasteiger partial charge in [-0.05, 0) is 77.0 Å². The Morgan fingerprint density at radius 2 is 0.482 bits per heavy atom. The second-order valence-corrected chi connectivity index (χ2v) is 24.8. The van der Waals surface area contributed by atoms with Gasteiger partial charge in [-0.25, -0.2) is 0 Å². The molecule has 0 aliphatic rings. The fourth-order valence-electron chi connectivity index (χ4n) is 11.0. The third-order valence-corrected chi connectivity index (χ3v) is 16.5. The molecule has 83 heavy (non-hydrogen) atoms. The number of rotatable bonds is 68. The van der Waals surface area contributed by atoms with Gasteiger partial charge in [-0.15, -0.1) is 0 Å². The van der Waals surface area contributed by atoms with Crippen LogP contribution < -0.4 is 0 Å². The van der Waals surface area contributed by atoms with Crippen LogP contribution in [0.3, 0.4) is 0 Å². The van der Waals surface area contributed by atoms with Crippen LogP contribution in [0.25, 0.3) is 0 Å². The van der Waals surface area contributed by atoms with E-state index in [2.05, 4.69) is 81.5 Å². The molecular weight excluding hydrogens is 1020 g/mol. The SMILES string of the molecule is CC/C=C\C/C=C\C/C=C\C/C=C\CCCCCCCCCCCCC(=O)OC(COC(=O)CCCCCCC/C=C\CCCC)COC(=O)CCCCCCCCCCCCCCCCCCCCCCCCCCCCCCCCC. The number of hydrogen-bond acceptors (Lipinski definition) is 6. The highest BCUT2D eigenvalue weighted by Gasteiger charge is 2.19. The van der Waals surface area contributed by atoms with Crippen molar-refractivity contribution in [3.05, 3.63) is 60.8 Å². The first-order valence-electron chi connectivity index (χ1n) is 36.8. The summed E-state index contributed by atoms with van der Waals surface area (Å²) in [5, 5.41) is 0. The highest BCUT2D eigenvalue weighted by molar-refractivity contribution is 5.71. The topological polar surface area (TPSA) is 78.9 Å². The Morgan fingerprint density at radius 1 is 0.253 bits per heavy atom. The van der Waals surface area contributed by atoms with Gasteiger partial charge in [0, 0.05) is 19.3 Å². The van der Waals surface area contributed by atoms with Crippen molar-refractivity contribution in [2.24, 2.45) is 0 Å². The second kappa shape index (κ2) is 71.6. The van der Waals surface area contributed by atoms with Crippen molar-refractivity contribution in [3.63, 3.8) is 0 Å². The standard InChI is InChI=1S/C77H140O6/c1-4-7-10-13-16-19-22-24-26-28-30-32-34-35-36-37-38-39-40-41-43-44-46-48-50-52-55-58-61-64-67-70-76(79)82-73-74(72-81-75(78)69-66-63-60-57-54-21-18-15-12-9-6-3)83-77(80)71-68-65-62-59-56-53-51-49-47-45-42-33-31-29-27-25-23-20-17-14-11-8-5-2/h8,11,15,17-18,20,25,27,31,33,74H,4-7,9-10,12-14,16,19,21-24,26,28-30,32,34-73H2,1-3H3/b11-8-,18-15-,20-17-,27-25-,33-31-. The van der Waals surface area contributed by atoms with Gasteiger partial charge in [0.05, 0.1) is 0 Å². The molecule has 0 aromatic heterocycles. The lowest BCUT2D eigenvalue weighted by atomic mass is 10.0. The van der Waals surface area contributed by atoms with Gasteiger partial charge in [0.1, 0.15) is 13.2 Å². The molecule has 0 aromatic rings. The van der Waals surface area contributed by atoms with E-state index in [9.17, 15) is 14.4 Å². The van der Waals surface area contributed by atoms with Crippen LogP contribution in [0.5, 0.6) is 0 Å². The minimum Gasteiger partial charge on any atom is -0.462 e. The molecule has 1 atom stereocenters. The van der Waals surface area contributed by atoms with Gasteiger partial charge in [-0.2, -0.15) is 0 Å². The van der Waals surface area contributed by atoms with E-state index in [0.717, 1.165) is 89.9 Å². The zero-order chi connectivity index (χ0) is 59.9. The Bertz CT molecular complexity index is 1470. The molecule has 0 fully saturated rings. The molecule has 6 nitrogen and oxygen atoms in total. The Balaban J connectivity index is 4.13. The van der Waals surface area contributed by atoms with Crippen molar-refractivity contribution in [1.82, 2.24) is 0 Å². The minimum absolute atomic E-state index is 0.0746. The lowest BCUT2D eigenvalue weighted by Gasteiger charge is -2.18. The molecule has 0 saturated heterocycles. The Hall–Kier alpha value is -2.89. The van der Waals surface area contributed by atoms with E-state index < -0.39 is 6.10 Å². The monoisotopic (exact) mass is 1160 g/mol. The fraction of sp³-hybridized carbons (Fsp3) is 0.831. The molecule has 0 aromatic carbocycles. The third-order valence-electron chi connectivity index (χ3n) is 16.5. The average molecular weight is 1160 g/mol. The summed E-state index contributed by atoms with van der Waals surface area (Å²) >= 11 is 0. The number of carbonyl (C=O) groups is 3. The summed E-state index contributed by atoms with van der Waals surface area (Å²) in [7, 11) is 0. The normalized spacial score (nSPS) is 12.4. The number of hydrogen-bond donors (Lipinski definition) is 0. The number of esters is 3. The van der Waals surface area contributed by atoms with Crippen LogP contribution >= 0.6 is 0 Å². The van der Waals surface area contributed by atoms with E-state index in [4.69, 9.17) is 14.2 Å². The molecule has 0 amide bonds. The van der Waals surface area contributed by atoms with Crippen molar-refractivity contribution < 1.29 is 28.6 Å². The zero-order valence-corrected chi connectivity index (χ0v) is 55.7. The molecular formula is C77H140O6. The van der Waals surface area contributed by atoms with Gasteiger partial charge in [-0.1, -0.05) is 358 Å². The van der Waals surface area contributed by atoms with Gasteiger partial charge in [0.15, 0.2) is 6.10 Å². The van der Waals surface area contributed by atoms with E-state index in [1.54, 1.807) is 0 Å². The maximum Gasteiger partial charge on any atom is 0.306 e. The summed E-state index contributed by atoms with van der Waals surface area (Å²) in [6.07, 6.45) is 92.8. The largest absolute Gasteiger partial charge is 0.462 e. The first-order chi connectivity index (χ1) is 41.0. The third kappa shape index (κ3) is 69.8. The maximum absolute atomic E-state index is 12.9. The maximum atomic E-state index is 12.9. The van der Waals surface area contributed by atoms with Crippen LogP contribution in [0, 0.1) is 0 Å². The summed E-state index contributed by atoms with van der Waals surface area (Å²) < 4.78 is 17.0. The van der Waals surface area contributed by atoms with Crippen LogP contribution in [0.2, 0.25) is 0 Å². The molecule has 0 aliphatic carbocycles. The van der Waals surface area contributed by atoms with Crippen molar-refractivity contribution in [2.45, 2.75) is 399 Å². The van der Waals surface area contributed by atoms with Crippen molar-refractivity contribution in [1.29, 1.82) is 0 Å². The summed E-state index contributed by atoms with van der Waals surface area (Å²) in [6, 6.07) is 0. The molecule has 0 radical (unpaired) electrons. The molecule has 6 heteroatoms. The van der Waals surface area contributed by atoms with Crippen LogP contribution in [0.4, 0.5) is 0 Å². The average Bonchev–Trinajstić information content (AvgIpc) is 3.48. The molecule has 0 spiro atoms. The van der Waals surface area contributed by atoms with E-state index >= 15 is 0 Å². The van der Waals surface area contributed by atoms with E-state index in [0.29, 0.717) is 19.3 Å². The van der Waals surface area contributed by atoms with Gasteiger partial charge in [-0.3, -0.25) is 14.4 Å². The first-order valence-corrected chi connectivity index (χ1v) is 36.8. The summed E-state index contributed by atoms with van der Waals surface area (Å²) in [5.41, 5.74) is 0. The molecule has 1 unspecified atom stereocenters. The van der Waals surface area contributed by atoms with Crippen LogP contribution in [0.15, 0.2) is 60.8 Å². The predicted octanol–water partition coefficient (Wildman–Crippen LogP) is 25.5. The molecule has 0 heterocycles. The van der Waals surface area contributed by atoms with E-state index in [-0.39, 0.29) is 31.1 Å². The van der Waals surface area contributed by atoms with Crippen LogP contribution in [-0.4, -0.2) is 37.2 Å². The quantitative estimate of drug-likeness (QED) is 0.0261. The van der Waals surface area contributed by atoms with Crippen molar-refractivity contribution >= 4 is 17.9 Å². The van der Waals surface area contributed by atoms with Gasteiger partial charge in [0.25, 0.3) is 0 Å². The zero-order valence-electron chi connectivity index (χ0n) is 55.7. The van der Waals surface area contributed by atoms with Gasteiger partial charge in [0.2, 0.25) is 0 Å². The fourth-order valence-corrected chi connectivity index (χ4v) is 11.0. The van der Waals surface area contributed by atoms with Crippen molar-refractivity contribution in [3.8, 4) is 0 Å². The summed E-state index contributed by atoms with van der Waals surface area (Å²) in [4.78, 5) is 38.4. The Morgan fingerprint density at radius 3 is 0.783 bits per heavy atom. The van der Waals surface area contributed by atoms with Crippen LogP contribution in [-0.2, 0) is 28.6 Å².